The normalized spacial score (nSPS) is 11.9. The smallest absolute Gasteiger partial charge is 0.348 e. The fraction of sp³-hybridized carbons (Fsp3) is 0.214. The Bertz CT molecular complexity index is 2010. The standard InChI is InChI=1S/C28H22O15/c1-35-15-9-5-7-39-17(9)23(37-3)21-11(15)19(13(25(29)30)27(33)42-21)41-20-12-16(36-2)10-6-8-40-18(10)24(38-4)22(12)43-28(34)14(20)26(31)32/h5-8,25-26,29-32H,1-4H3. The highest BCUT2D eigenvalue weighted by atomic mass is 16.5. The number of benzene rings is 2. The van der Waals surface area contributed by atoms with Gasteiger partial charge in [-0.15, -0.1) is 0 Å². The molecular weight excluding hydrogens is 576 g/mol. The summed E-state index contributed by atoms with van der Waals surface area (Å²) >= 11 is 0. The average molecular weight is 598 g/mol. The zero-order valence-corrected chi connectivity index (χ0v) is 22.7. The molecule has 0 fully saturated rings. The van der Waals surface area contributed by atoms with Crippen molar-refractivity contribution < 1.29 is 61.8 Å². The van der Waals surface area contributed by atoms with Crippen LogP contribution in [0.2, 0.25) is 0 Å². The van der Waals surface area contributed by atoms with Crippen molar-refractivity contribution in [2.24, 2.45) is 0 Å². The molecule has 2 aromatic carbocycles. The maximum absolute atomic E-state index is 13.2. The molecule has 0 saturated heterocycles. The summed E-state index contributed by atoms with van der Waals surface area (Å²) in [6.45, 7) is 0. The first-order valence-electron chi connectivity index (χ1n) is 12.3. The van der Waals surface area contributed by atoms with Gasteiger partial charge in [0, 0.05) is 0 Å². The van der Waals surface area contributed by atoms with E-state index in [0.717, 1.165) is 0 Å². The van der Waals surface area contributed by atoms with Crippen molar-refractivity contribution in [3.8, 4) is 34.5 Å². The molecule has 43 heavy (non-hydrogen) atoms. The molecule has 15 nitrogen and oxygen atoms in total. The van der Waals surface area contributed by atoms with E-state index in [-0.39, 0.29) is 56.1 Å². The highest BCUT2D eigenvalue weighted by Gasteiger charge is 2.34. The fourth-order valence-electron chi connectivity index (χ4n) is 5.15. The SMILES string of the molecule is COc1c2occc2c(OC)c2c(Oc3c(C(O)O)c(=O)oc4c(OC)c5occc5c(OC)c34)c(C(O)O)c(=O)oc12. The third kappa shape index (κ3) is 3.90. The fourth-order valence-corrected chi connectivity index (χ4v) is 5.15. The number of rotatable bonds is 8. The van der Waals surface area contributed by atoms with Crippen molar-refractivity contribution in [1.29, 1.82) is 0 Å². The lowest BCUT2D eigenvalue weighted by Crippen LogP contribution is -2.18. The van der Waals surface area contributed by atoms with Crippen LogP contribution < -0.4 is 34.9 Å². The van der Waals surface area contributed by atoms with Crippen molar-refractivity contribution in [2.75, 3.05) is 28.4 Å². The van der Waals surface area contributed by atoms with E-state index in [1.54, 1.807) is 0 Å². The minimum absolute atomic E-state index is 0.0136. The zero-order valence-electron chi connectivity index (χ0n) is 22.7. The number of hydrogen-bond donors (Lipinski definition) is 4. The van der Waals surface area contributed by atoms with E-state index in [4.69, 9.17) is 41.4 Å². The topological polar surface area (TPSA) is 214 Å². The maximum atomic E-state index is 13.2. The van der Waals surface area contributed by atoms with Crippen LogP contribution >= 0.6 is 0 Å². The Morgan fingerprint density at radius 3 is 1.26 bits per heavy atom. The summed E-state index contributed by atoms with van der Waals surface area (Å²) < 4.78 is 50.2. The van der Waals surface area contributed by atoms with Crippen LogP contribution in [0.1, 0.15) is 23.7 Å². The van der Waals surface area contributed by atoms with Crippen molar-refractivity contribution in [3.63, 3.8) is 0 Å². The van der Waals surface area contributed by atoms with Crippen LogP contribution in [0.25, 0.3) is 43.9 Å². The Morgan fingerprint density at radius 1 is 0.558 bits per heavy atom. The van der Waals surface area contributed by atoms with Gasteiger partial charge in [0.15, 0.2) is 46.4 Å². The van der Waals surface area contributed by atoms with E-state index in [9.17, 15) is 30.0 Å². The molecule has 0 aliphatic heterocycles. The van der Waals surface area contributed by atoms with Gasteiger partial charge < -0.3 is 61.8 Å². The van der Waals surface area contributed by atoms with Crippen LogP contribution in [0.3, 0.4) is 0 Å². The molecule has 0 aliphatic rings. The summed E-state index contributed by atoms with van der Waals surface area (Å²) in [5, 5.41) is 41.6. The van der Waals surface area contributed by atoms with Crippen LogP contribution in [0.4, 0.5) is 0 Å². The summed E-state index contributed by atoms with van der Waals surface area (Å²) in [5.74, 6) is -1.37. The first-order chi connectivity index (χ1) is 20.7. The predicted octanol–water partition coefficient (Wildman–Crippen LogP) is 3.18. The average Bonchev–Trinajstić information content (AvgIpc) is 3.64. The van der Waals surface area contributed by atoms with Gasteiger partial charge in [0.25, 0.3) is 0 Å². The van der Waals surface area contributed by atoms with Crippen molar-refractivity contribution in [3.05, 3.63) is 56.6 Å². The molecule has 15 heteroatoms. The van der Waals surface area contributed by atoms with E-state index >= 15 is 0 Å². The molecule has 0 radical (unpaired) electrons. The molecule has 4 N–H and O–H groups in total. The number of aliphatic hydroxyl groups is 4. The van der Waals surface area contributed by atoms with E-state index in [2.05, 4.69) is 0 Å². The van der Waals surface area contributed by atoms with Gasteiger partial charge in [-0.1, -0.05) is 0 Å². The van der Waals surface area contributed by atoms with Gasteiger partial charge >= 0.3 is 11.3 Å². The third-order valence-electron chi connectivity index (χ3n) is 6.86. The van der Waals surface area contributed by atoms with Crippen LogP contribution in [-0.2, 0) is 0 Å². The number of aliphatic hydroxyl groups excluding tert-OH is 2. The van der Waals surface area contributed by atoms with Crippen LogP contribution in [0.15, 0.2) is 51.9 Å². The van der Waals surface area contributed by atoms with Crippen LogP contribution in [-0.4, -0.2) is 48.9 Å². The number of ether oxygens (including phenoxy) is 5. The van der Waals surface area contributed by atoms with Crippen LogP contribution in [0.5, 0.6) is 34.5 Å². The van der Waals surface area contributed by atoms with Crippen molar-refractivity contribution in [2.45, 2.75) is 12.6 Å². The second-order valence-corrected chi connectivity index (χ2v) is 8.98. The van der Waals surface area contributed by atoms with Gasteiger partial charge in [0.05, 0.1) is 51.7 Å². The Kier molecular flexibility index (Phi) is 6.66. The minimum Gasteiger partial charge on any atom is -0.495 e. The lowest BCUT2D eigenvalue weighted by Gasteiger charge is -2.21. The third-order valence-corrected chi connectivity index (χ3v) is 6.86. The number of fused-ring (bicyclic) bond motifs is 4. The molecule has 0 amide bonds. The summed E-state index contributed by atoms with van der Waals surface area (Å²) in [6.07, 6.45) is -2.34. The zero-order chi connectivity index (χ0) is 30.7. The summed E-state index contributed by atoms with van der Waals surface area (Å²) in [6, 6.07) is 3.03. The van der Waals surface area contributed by atoms with E-state index in [0.29, 0.717) is 10.8 Å². The van der Waals surface area contributed by atoms with Gasteiger partial charge in [0.2, 0.25) is 11.5 Å². The van der Waals surface area contributed by atoms with E-state index in [1.165, 1.54) is 53.1 Å². The second-order valence-electron chi connectivity index (χ2n) is 8.98. The number of methoxy groups -OCH3 is 4. The van der Waals surface area contributed by atoms with Gasteiger partial charge in [-0.3, -0.25) is 0 Å². The highest BCUT2D eigenvalue weighted by Crippen LogP contribution is 2.52. The monoisotopic (exact) mass is 598 g/mol. The molecule has 4 heterocycles. The molecule has 224 valence electrons. The Morgan fingerprint density at radius 2 is 0.930 bits per heavy atom. The highest BCUT2D eigenvalue weighted by molar-refractivity contribution is 6.11. The Hall–Kier alpha value is -5.22. The summed E-state index contributed by atoms with van der Waals surface area (Å²) in [7, 11) is 5.14. The molecule has 4 aromatic heterocycles. The quantitative estimate of drug-likeness (QED) is 0.146. The maximum Gasteiger partial charge on any atom is 0.348 e. The first kappa shape index (κ1) is 27.9. The molecule has 0 bridgehead atoms. The number of furan rings is 2. The largest absolute Gasteiger partial charge is 0.495 e. The summed E-state index contributed by atoms with van der Waals surface area (Å²) in [4.78, 5) is 26.4. The van der Waals surface area contributed by atoms with Crippen LogP contribution in [0, 0.1) is 0 Å². The summed E-state index contributed by atoms with van der Waals surface area (Å²) in [5.41, 5.74) is -4.52. The van der Waals surface area contributed by atoms with E-state index < -0.39 is 46.5 Å². The minimum atomic E-state index is -2.49. The lowest BCUT2D eigenvalue weighted by atomic mass is 10.0. The molecule has 0 saturated carbocycles. The second kappa shape index (κ2) is 10.2. The molecule has 6 aromatic rings. The first-order valence-corrected chi connectivity index (χ1v) is 12.3. The molecule has 6 rings (SSSR count). The van der Waals surface area contributed by atoms with Gasteiger partial charge in [0.1, 0.15) is 33.4 Å². The predicted molar refractivity (Wildman–Crippen MR) is 145 cm³/mol. The molecular formula is C28H22O15. The molecule has 0 atom stereocenters. The number of hydrogen-bond acceptors (Lipinski definition) is 15. The van der Waals surface area contributed by atoms with Crippen molar-refractivity contribution >= 4 is 43.9 Å². The van der Waals surface area contributed by atoms with Gasteiger partial charge in [-0.05, 0) is 12.1 Å². The lowest BCUT2D eigenvalue weighted by molar-refractivity contribution is -0.0471. The molecule has 0 aliphatic carbocycles. The Labute approximate surface area is 238 Å². The molecule has 0 spiro atoms. The van der Waals surface area contributed by atoms with Crippen molar-refractivity contribution in [1.82, 2.24) is 0 Å². The van der Waals surface area contributed by atoms with E-state index in [1.807, 2.05) is 0 Å². The van der Waals surface area contributed by atoms with Gasteiger partial charge in [-0.25, -0.2) is 9.59 Å². The van der Waals surface area contributed by atoms with Gasteiger partial charge in [-0.2, -0.15) is 0 Å². The Balaban J connectivity index is 1.86. The molecule has 0 unspecified atom stereocenters.